The zero-order valence-electron chi connectivity index (χ0n) is 26.4. The number of anilines is 1. The van der Waals surface area contributed by atoms with E-state index in [1.165, 1.54) is 12.1 Å². The van der Waals surface area contributed by atoms with E-state index in [0.717, 1.165) is 23.3 Å². The lowest BCUT2D eigenvalue weighted by Crippen LogP contribution is -2.43. The van der Waals surface area contributed by atoms with E-state index in [0.29, 0.717) is 31.6 Å². The number of benzene rings is 1. The Balaban J connectivity index is 1.56. The van der Waals surface area contributed by atoms with Gasteiger partial charge in [0.2, 0.25) is 5.95 Å². The molecule has 1 aromatic carbocycles. The van der Waals surface area contributed by atoms with Gasteiger partial charge in [0.15, 0.2) is 8.32 Å². The van der Waals surface area contributed by atoms with Crippen molar-refractivity contribution in [2.45, 2.75) is 84.6 Å². The molecule has 0 saturated carbocycles. The molecule has 44 heavy (non-hydrogen) atoms. The smallest absolute Gasteiger partial charge is 0.272 e. The number of hydrogen-bond donors (Lipinski definition) is 1. The third-order valence-corrected chi connectivity index (χ3v) is 14.0. The van der Waals surface area contributed by atoms with E-state index in [1.807, 2.05) is 42.7 Å². The molecule has 3 aromatic rings. The topological polar surface area (TPSA) is 100 Å². The zero-order valence-corrected chi connectivity index (χ0v) is 28.2. The summed E-state index contributed by atoms with van der Waals surface area (Å²) in [4.78, 5) is 33.1. The number of halogens is 2. The van der Waals surface area contributed by atoms with Crippen molar-refractivity contribution in [3.05, 3.63) is 57.8 Å². The summed E-state index contributed by atoms with van der Waals surface area (Å²) in [5.74, 6) is -0.597. The first-order chi connectivity index (χ1) is 20.5. The number of hydrogen-bond acceptors (Lipinski definition) is 6. The highest BCUT2D eigenvalue weighted by molar-refractivity contribution is 7.14. The largest absolute Gasteiger partial charge is 0.416 e. The van der Waals surface area contributed by atoms with Crippen LogP contribution in [0.3, 0.4) is 0 Å². The third kappa shape index (κ3) is 7.45. The number of amides is 2. The van der Waals surface area contributed by atoms with Crippen molar-refractivity contribution in [2.75, 3.05) is 18.5 Å². The number of para-hydroxylation sites is 2. The minimum atomic E-state index is -2.65. The number of alkyl halides is 2. The monoisotopic (exact) mass is 641 g/mol. The van der Waals surface area contributed by atoms with Crippen LogP contribution in [0.15, 0.2) is 48.0 Å². The Morgan fingerprint density at radius 1 is 1.20 bits per heavy atom. The van der Waals surface area contributed by atoms with Crippen LogP contribution in [0.4, 0.5) is 14.7 Å². The fraction of sp³-hybridized carbons (Fsp3) is 0.500. The fourth-order valence-corrected chi connectivity index (χ4v) is 6.85. The normalized spacial score (nSPS) is 16.5. The maximum absolute atomic E-state index is 13.8. The number of likely N-dealkylation sites (tertiary alicyclic amines) is 1. The number of aromatic nitrogens is 2. The molecule has 236 valence electrons. The Morgan fingerprint density at radius 2 is 1.91 bits per heavy atom. The van der Waals surface area contributed by atoms with Crippen LogP contribution in [0, 0.1) is 16.7 Å². The molecule has 0 aliphatic carbocycles. The van der Waals surface area contributed by atoms with E-state index >= 15 is 0 Å². The molecule has 0 spiro atoms. The van der Waals surface area contributed by atoms with Crippen LogP contribution >= 0.6 is 11.3 Å². The van der Waals surface area contributed by atoms with Crippen LogP contribution in [-0.4, -0.2) is 53.8 Å². The Morgan fingerprint density at radius 3 is 2.55 bits per heavy atom. The molecule has 8 nitrogen and oxygen atoms in total. The summed E-state index contributed by atoms with van der Waals surface area (Å²) in [5.41, 5.74) is 0.966. The Bertz CT molecular complexity index is 1600. The quantitative estimate of drug-likeness (QED) is 0.138. The van der Waals surface area contributed by atoms with Crippen LogP contribution in [0.2, 0.25) is 18.1 Å². The van der Waals surface area contributed by atoms with E-state index in [1.54, 1.807) is 11.0 Å². The molecule has 1 aliphatic rings. The van der Waals surface area contributed by atoms with Gasteiger partial charge in [-0.05, 0) is 55.2 Å². The number of thiophene rings is 1. The number of nitrogens with one attached hydrogen (secondary N) is 1. The third-order valence-electron chi connectivity index (χ3n) is 8.47. The van der Waals surface area contributed by atoms with Gasteiger partial charge in [0, 0.05) is 25.1 Å². The second-order valence-corrected chi connectivity index (χ2v) is 19.4. The van der Waals surface area contributed by atoms with Crippen LogP contribution in [0.5, 0.6) is 0 Å². The molecule has 2 amide bonds. The summed E-state index contributed by atoms with van der Waals surface area (Å²) < 4.78 is 34.5. The van der Waals surface area contributed by atoms with Crippen LogP contribution in [0.25, 0.3) is 11.0 Å². The van der Waals surface area contributed by atoms with Crippen LogP contribution < -0.4 is 5.32 Å². The predicted molar refractivity (Wildman–Crippen MR) is 172 cm³/mol. The summed E-state index contributed by atoms with van der Waals surface area (Å²) in [7, 11) is -2.02. The number of carbonyl (C=O) groups excluding carboxylic acids is 2. The summed E-state index contributed by atoms with van der Waals surface area (Å²) in [6, 6.07) is 11.9. The lowest BCUT2D eigenvalue weighted by Gasteiger charge is -2.38. The van der Waals surface area contributed by atoms with Crippen molar-refractivity contribution >= 4 is 48.5 Å². The average Bonchev–Trinajstić information content (AvgIpc) is 3.70. The highest BCUT2D eigenvalue weighted by Gasteiger charge is 2.39. The van der Waals surface area contributed by atoms with Gasteiger partial charge in [0.1, 0.15) is 11.6 Å². The van der Waals surface area contributed by atoms with Crippen LogP contribution in [0.1, 0.15) is 68.4 Å². The van der Waals surface area contributed by atoms with Crippen molar-refractivity contribution in [2.24, 2.45) is 5.41 Å². The molecular formula is C32H41F2N5O3SSi. The fourth-order valence-electron chi connectivity index (χ4n) is 4.93. The molecule has 3 heterocycles. The van der Waals surface area contributed by atoms with E-state index < -0.39 is 26.1 Å². The SMILES string of the molecule is CC(C)(C=C(C#N)C(=O)N1CCCC1Cn1c(NC(=O)c2ccc(C(F)F)s2)nc2ccccc21)CO[Si](C)(C)C(C)(C)C. The molecule has 1 atom stereocenters. The van der Waals surface area contributed by atoms with Gasteiger partial charge in [-0.25, -0.2) is 13.8 Å². The maximum Gasteiger partial charge on any atom is 0.272 e. The number of imidazole rings is 1. The number of carbonyl (C=O) groups is 2. The molecular weight excluding hydrogens is 601 g/mol. The van der Waals surface area contributed by atoms with Gasteiger partial charge in [-0.2, -0.15) is 5.26 Å². The highest BCUT2D eigenvalue weighted by Crippen LogP contribution is 2.38. The summed E-state index contributed by atoms with van der Waals surface area (Å²) in [6.07, 6.45) is 0.558. The number of fused-ring (bicyclic) bond motifs is 1. The highest BCUT2D eigenvalue weighted by atomic mass is 32.1. The lowest BCUT2D eigenvalue weighted by molar-refractivity contribution is -0.127. The van der Waals surface area contributed by atoms with Gasteiger partial charge in [-0.15, -0.1) is 11.3 Å². The molecule has 1 fully saturated rings. The van der Waals surface area contributed by atoms with Crippen molar-refractivity contribution in [3.8, 4) is 6.07 Å². The molecule has 2 aromatic heterocycles. The number of nitriles is 1. The predicted octanol–water partition coefficient (Wildman–Crippen LogP) is 7.78. The van der Waals surface area contributed by atoms with E-state index in [4.69, 9.17) is 4.43 Å². The van der Waals surface area contributed by atoms with E-state index in [2.05, 4.69) is 50.2 Å². The maximum atomic E-state index is 13.8. The van der Waals surface area contributed by atoms with E-state index in [-0.39, 0.29) is 38.3 Å². The average molecular weight is 642 g/mol. The Hall–Kier alpha value is -3.40. The van der Waals surface area contributed by atoms with Crippen molar-refractivity contribution in [3.63, 3.8) is 0 Å². The molecule has 0 bridgehead atoms. The molecule has 12 heteroatoms. The van der Waals surface area contributed by atoms with Gasteiger partial charge >= 0.3 is 0 Å². The Labute approximate surface area is 262 Å². The number of rotatable bonds is 10. The first kappa shape index (κ1) is 33.5. The standard InChI is InChI=1S/C32H41F2N5O3SSi/c1-31(2,3)44(6,7)42-20-32(4,5)17-21(18-35)29(41)38-16-10-11-22(38)19-39-24-13-9-8-12-23(24)36-30(39)37-28(40)26-15-14-25(43-26)27(33)34/h8-9,12-15,17,22,27H,10-11,16,19-20H2,1-7H3,(H,36,37,40). The minimum Gasteiger partial charge on any atom is -0.416 e. The van der Waals surface area contributed by atoms with Gasteiger partial charge in [-0.1, -0.05) is 52.8 Å². The summed E-state index contributed by atoms with van der Waals surface area (Å²) in [5, 5.41) is 12.9. The van der Waals surface area contributed by atoms with Crippen LogP contribution in [-0.2, 0) is 15.8 Å². The second kappa shape index (κ2) is 12.9. The molecule has 1 saturated heterocycles. The van der Waals surface area contributed by atoms with Gasteiger partial charge in [0.05, 0.1) is 26.8 Å². The summed E-state index contributed by atoms with van der Waals surface area (Å²) >= 11 is 0.738. The first-order valence-electron chi connectivity index (χ1n) is 14.8. The molecule has 1 aliphatic heterocycles. The van der Waals surface area contributed by atoms with Crippen molar-refractivity contribution in [1.82, 2.24) is 14.5 Å². The first-order valence-corrected chi connectivity index (χ1v) is 18.5. The zero-order chi connectivity index (χ0) is 32.4. The molecule has 0 radical (unpaired) electrons. The van der Waals surface area contributed by atoms with Crippen molar-refractivity contribution < 1.29 is 22.8 Å². The van der Waals surface area contributed by atoms with Gasteiger partial charge in [0.25, 0.3) is 18.2 Å². The second-order valence-electron chi connectivity index (χ2n) is 13.5. The molecule has 1 unspecified atom stereocenters. The molecule has 1 N–H and O–H groups in total. The van der Waals surface area contributed by atoms with E-state index in [9.17, 15) is 23.6 Å². The van der Waals surface area contributed by atoms with Gasteiger partial charge in [-0.3, -0.25) is 14.9 Å². The minimum absolute atomic E-state index is 0.0395. The Kier molecular flexibility index (Phi) is 9.83. The molecule has 4 rings (SSSR count). The number of nitrogens with zero attached hydrogens (tertiary/aromatic N) is 4. The van der Waals surface area contributed by atoms with Gasteiger partial charge < -0.3 is 13.9 Å². The lowest BCUT2D eigenvalue weighted by atomic mass is 9.91. The summed E-state index contributed by atoms with van der Waals surface area (Å²) in [6.45, 7) is 16.0. The van der Waals surface area contributed by atoms with Crippen molar-refractivity contribution in [1.29, 1.82) is 5.26 Å².